The van der Waals surface area contributed by atoms with Gasteiger partial charge in [0, 0.05) is 44.1 Å². The fraction of sp³-hybridized carbons (Fsp3) is 0.688. The first-order valence-corrected chi connectivity index (χ1v) is 15.9. The molecule has 10 heteroatoms. The summed E-state index contributed by atoms with van der Waals surface area (Å²) in [7, 11) is 0. The highest BCUT2D eigenvalue weighted by molar-refractivity contribution is 5.91. The van der Waals surface area contributed by atoms with Crippen LogP contribution in [0.4, 0.5) is 16.4 Å². The molecular weight excluding hydrogens is 532 g/mol. The van der Waals surface area contributed by atoms with Gasteiger partial charge in [-0.15, -0.1) is 0 Å². The van der Waals surface area contributed by atoms with E-state index in [1.54, 1.807) is 24.3 Å². The minimum Gasteiger partial charge on any atom is -0.379 e. The van der Waals surface area contributed by atoms with Crippen molar-refractivity contribution in [2.45, 2.75) is 64.8 Å². The summed E-state index contributed by atoms with van der Waals surface area (Å²) in [5, 5.41) is 11.9. The quantitative estimate of drug-likeness (QED) is 0.391. The minimum atomic E-state index is -0.311. The number of urea groups is 1. The second-order valence-electron chi connectivity index (χ2n) is 13.5. The smallest absolute Gasteiger partial charge is 0.320 e. The summed E-state index contributed by atoms with van der Waals surface area (Å²) in [6.07, 6.45) is 11.1. The Kier molecular flexibility index (Phi) is 8.29. The van der Waals surface area contributed by atoms with E-state index < -0.39 is 0 Å². The van der Waals surface area contributed by atoms with E-state index in [1.807, 2.05) is 0 Å². The molecule has 4 fully saturated rings. The lowest BCUT2D eigenvalue weighted by Gasteiger charge is -2.59. The molecule has 0 bridgehead atoms. The Hall–Kier alpha value is -2.98. The van der Waals surface area contributed by atoms with Gasteiger partial charge in [-0.2, -0.15) is 0 Å². The maximum absolute atomic E-state index is 13.2. The number of hydrogen-bond donors (Lipinski definition) is 4. The van der Waals surface area contributed by atoms with Gasteiger partial charge in [0.15, 0.2) is 0 Å². The van der Waals surface area contributed by atoms with Crippen LogP contribution in [0.2, 0.25) is 0 Å². The van der Waals surface area contributed by atoms with Gasteiger partial charge in [0.1, 0.15) is 11.6 Å². The number of carbonyl (C=O) groups is 3. The number of pyridine rings is 1. The molecule has 228 valence electrons. The third-order valence-electron chi connectivity index (χ3n) is 11.4. The van der Waals surface area contributed by atoms with E-state index in [0.717, 1.165) is 65.0 Å². The predicted octanol–water partition coefficient (Wildman–Crippen LogP) is 3.78. The molecule has 6 rings (SSSR count). The van der Waals surface area contributed by atoms with E-state index in [0.29, 0.717) is 48.3 Å². The van der Waals surface area contributed by atoms with E-state index in [2.05, 4.69) is 51.1 Å². The third-order valence-corrected chi connectivity index (χ3v) is 11.4. The van der Waals surface area contributed by atoms with Crippen LogP contribution < -0.4 is 21.3 Å². The van der Waals surface area contributed by atoms with Crippen molar-refractivity contribution in [3.8, 4) is 0 Å². The van der Waals surface area contributed by atoms with Crippen LogP contribution in [0, 0.1) is 34.5 Å². The number of ether oxygens (including phenoxy) is 1. The van der Waals surface area contributed by atoms with Crippen LogP contribution in [-0.4, -0.2) is 73.2 Å². The number of fused-ring (bicyclic) bond motifs is 5. The molecule has 0 spiro atoms. The number of carbonyl (C=O) groups excluding carboxylic acids is 3. The van der Waals surface area contributed by atoms with Gasteiger partial charge in [-0.3, -0.25) is 19.8 Å². The van der Waals surface area contributed by atoms with E-state index in [4.69, 9.17) is 4.74 Å². The van der Waals surface area contributed by atoms with Gasteiger partial charge >= 0.3 is 6.03 Å². The van der Waals surface area contributed by atoms with E-state index >= 15 is 0 Å². The second kappa shape index (κ2) is 12.0. The Labute approximate surface area is 248 Å². The number of anilines is 2. The van der Waals surface area contributed by atoms with Crippen molar-refractivity contribution >= 4 is 29.5 Å². The molecule has 1 aromatic rings. The molecule has 1 saturated heterocycles. The van der Waals surface area contributed by atoms with Gasteiger partial charge < -0.3 is 20.7 Å². The highest BCUT2D eigenvalue weighted by Gasteiger charge is 2.59. The van der Waals surface area contributed by atoms with Gasteiger partial charge in [0.05, 0.1) is 13.2 Å². The Morgan fingerprint density at radius 1 is 1.05 bits per heavy atom. The molecule has 10 nitrogen and oxygen atoms in total. The SMILES string of the molecule is C[C@]12C=CC(=O)N[C@@H]1CC[C@@H]1[C@@H]2CC[C@]2(C)[C@@H](CC(=O)Nc3cccc(NC(=O)NCCN4CCOCC4)n3)CC[C@@H]12. The van der Waals surface area contributed by atoms with Crippen molar-refractivity contribution in [1.29, 1.82) is 0 Å². The highest BCUT2D eigenvalue weighted by Crippen LogP contribution is 2.65. The highest BCUT2D eigenvalue weighted by atomic mass is 16.5. The molecule has 5 aliphatic rings. The van der Waals surface area contributed by atoms with Crippen molar-refractivity contribution in [2.75, 3.05) is 50.0 Å². The van der Waals surface area contributed by atoms with Crippen LogP contribution in [0.25, 0.3) is 0 Å². The molecule has 1 aromatic heterocycles. The molecular formula is C32H46N6O4. The molecule has 4 amide bonds. The second-order valence-corrected chi connectivity index (χ2v) is 13.5. The number of nitrogens with zero attached hydrogens (tertiary/aromatic N) is 2. The average Bonchev–Trinajstić information content (AvgIpc) is 3.30. The lowest BCUT2D eigenvalue weighted by Crippen LogP contribution is -2.59. The number of aromatic nitrogens is 1. The molecule has 3 saturated carbocycles. The first-order valence-electron chi connectivity index (χ1n) is 15.9. The maximum atomic E-state index is 13.2. The van der Waals surface area contributed by atoms with E-state index in [-0.39, 0.29) is 34.7 Å². The summed E-state index contributed by atoms with van der Waals surface area (Å²) < 4.78 is 5.36. The zero-order valence-electron chi connectivity index (χ0n) is 25.0. The molecule has 7 atom stereocenters. The van der Waals surface area contributed by atoms with Crippen molar-refractivity contribution in [1.82, 2.24) is 20.5 Å². The molecule has 4 N–H and O–H groups in total. The first-order chi connectivity index (χ1) is 20.2. The zero-order chi connectivity index (χ0) is 29.3. The predicted molar refractivity (Wildman–Crippen MR) is 161 cm³/mol. The molecule has 0 radical (unpaired) electrons. The van der Waals surface area contributed by atoms with E-state index in [9.17, 15) is 14.4 Å². The zero-order valence-corrected chi connectivity index (χ0v) is 25.0. The van der Waals surface area contributed by atoms with Crippen molar-refractivity contribution < 1.29 is 19.1 Å². The summed E-state index contributed by atoms with van der Waals surface area (Å²) in [5.41, 5.74) is 0.178. The van der Waals surface area contributed by atoms with Crippen LogP contribution in [0.1, 0.15) is 58.8 Å². The Balaban J connectivity index is 1.01. The van der Waals surface area contributed by atoms with Crippen LogP contribution >= 0.6 is 0 Å². The van der Waals surface area contributed by atoms with Gasteiger partial charge in [0.25, 0.3) is 0 Å². The van der Waals surface area contributed by atoms with Gasteiger partial charge in [-0.05, 0) is 85.8 Å². The molecule has 0 aromatic carbocycles. The standard InChI is InChI=1S/C32H46N6O4/c1-31-12-10-24-22(7-9-25-32(24,2)13-11-28(39)34-25)23(31)8-6-21(31)20-29(40)36-26-4-3-5-27(35-26)37-30(41)33-14-15-38-16-18-42-19-17-38/h3-5,11,13,21-25H,6-10,12,14-20H2,1-2H3,(H,34,39)(H3,33,35,36,37,40,41)/t21-,22+,23+,24+,25-,31-,32-/m1/s1. The topological polar surface area (TPSA) is 125 Å². The van der Waals surface area contributed by atoms with Crippen molar-refractivity contribution in [3.05, 3.63) is 30.4 Å². The normalized spacial score (nSPS) is 35.8. The molecule has 3 heterocycles. The average molecular weight is 579 g/mol. The number of morpholine rings is 1. The lowest BCUT2D eigenvalue weighted by atomic mass is 9.48. The monoisotopic (exact) mass is 578 g/mol. The Morgan fingerprint density at radius 3 is 2.64 bits per heavy atom. The number of amides is 4. The molecule has 0 unspecified atom stereocenters. The van der Waals surface area contributed by atoms with E-state index in [1.165, 1.54) is 6.42 Å². The summed E-state index contributed by atoms with van der Waals surface area (Å²) in [4.78, 5) is 44.4. The van der Waals surface area contributed by atoms with Gasteiger partial charge in [0.2, 0.25) is 11.8 Å². The fourth-order valence-corrected chi connectivity index (χ4v) is 9.08. The first kappa shape index (κ1) is 29.1. The fourth-order valence-electron chi connectivity index (χ4n) is 9.08. The summed E-state index contributed by atoms with van der Waals surface area (Å²) in [5.74, 6) is 3.06. The van der Waals surface area contributed by atoms with Crippen LogP contribution in [0.3, 0.4) is 0 Å². The van der Waals surface area contributed by atoms with Crippen LogP contribution in [0.15, 0.2) is 30.4 Å². The molecule has 42 heavy (non-hydrogen) atoms. The summed E-state index contributed by atoms with van der Waals surface area (Å²) in [6, 6.07) is 5.20. The number of nitrogens with one attached hydrogen (secondary N) is 4. The Morgan fingerprint density at radius 2 is 1.83 bits per heavy atom. The minimum absolute atomic E-state index is 0.0165. The van der Waals surface area contributed by atoms with Gasteiger partial charge in [-0.25, -0.2) is 9.78 Å². The Bertz CT molecular complexity index is 1220. The van der Waals surface area contributed by atoms with Gasteiger partial charge in [-0.1, -0.05) is 26.0 Å². The number of rotatable bonds is 7. The van der Waals surface area contributed by atoms with Crippen LogP contribution in [0.5, 0.6) is 0 Å². The maximum Gasteiger partial charge on any atom is 0.320 e. The summed E-state index contributed by atoms with van der Waals surface area (Å²) in [6.45, 7) is 9.31. The summed E-state index contributed by atoms with van der Waals surface area (Å²) >= 11 is 0. The lowest BCUT2D eigenvalue weighted by molar-refractivity contribution is -0.123. The van der Waals surface area contributed by atoms with Crippen LogP contribution in [-0.2, 0) is 14.3 Å². The largest absolute Gasteiger partial charge is 0.379 e. The third kappa shape index (κ3) is 5.80. The molecule has 2 aliphatic heterocycles. The van der Waals surface area contributed by atoms with Crippen molar-refractivity contribution in [2.24, 2.45) is 34.5 Å². The molecule has 3 aliphatic carbocycles. The number of hydrogen-bond acceptors (Lipinski definition) is 6. The van der Waals surface area contributed by atoms with Crippen molar-refractivity contribution in [3.63, 3.8) is 0 Å².